The van der Waals surface area contributed by atoms with E-state index in [4.69, 9.17) is 4.74 Å². The van der Waals surface area contributed by atoms with Crippen molar-refractivity contribution in [2.45, 2.75) is 83.3 Å². The van der Waals surface area contributed by atoms with Crippen molar-refractivity contribution in [1.29, 1.82) is 0 Å². The smallest absolute Gasteiger partial charge is 0.264 e. The topological polar surface area (TPSA) is 96.0 Å². The van der Waals surface area contributed by atoms with E-state index in [1.165, 1.54) is 24.1 Å². The summed E-state index contributed by atoms with van der Waals surface area (Å²) in [4.78, 5) is 29.3. The van der Waals surface area contributed by atoms with Crippen molar-refractivity contribution in [2.75, 3.05) is 18.0 Å². The molecular weight excluding hydrogens is 562 g/mol. The summed E-state index contributed by atoms with van der Waals surface area (Å²) >= 11 is 0. The van der Waals surface area contributed by atoms with Crippen molar-refractivity contribution >= 4 is 27.5 Å². The number of nitrogens with zero attached hydrogens (tertiary/aromatic N) is 2. The van der Waals surface area contributed by atoms with Gasteiger partial charge in [-0.3, -0.25) is 13.9 Å². The number of ether oxygens (including phenoxy) is 1. The van der Waals surface area contributed by atoms with Crippen molar-refractivity contribution in [3.63, 3.8) is 0 Å². The molecule has 0 saturated heterocycles. The molecule has 0 radical (unpaired) electrons. The molecule has 0 aromatic heterocycles. The van der Waals surface area contributed by atoms with Crippen LogP contribution in [0.3, 0.4) is 0 Å². The van der Waals surface area contributed by atoms with Gasteiger partial charge >= 0.3 is 0 Å². The van der Waals surface area contributed by atoms with Crippen LogP contribution in [0.2, 0.25) is 0 Å². The van der Waals surface area contributed by atoms with Crippen LogP contribution >= 0.6 is 0 Å². The zero-order chi connectivity index (χ0) is 31.1. The van der Waals surface area contributed by atoms with Crippen molar-refractivity contribution in [3.05, 3.63) is 89.0 Å². The van der Waals surface area contributed by atoms with Gasteiger partial charge in [-0.25, -0.2) is 8.42 Å². The molecule has 8 nitrogen and oxygen atoms in total. The van der Waals surface area contributed by atoms with Gasteiger partial charge in [0, 0.05) is 12.6 Å². The number of hydrogen-bond acceptors (Lipinski definition) is 5. The number of methoxy groups -OCH3 is 1. The lowest BCUT2D eigenvalue weighted by molar-refractivity contribution is -0.139. The number of benzene rings is 3. The molecule has 3 aromatic carbocycles. The number of aryl methyl sites for hydroxylation is 3. The first-order chi connectivity index (χ1) is 20.5. The van der Waals surface area contributed by atoms with E-state index in [2.05, 4.69) is 5.32 Å². The number of anilines is 1. The van der Waals surface area contributed by atoms with Gasteiger partial charge < -0.3 is 15.0 Å². The van der Waals surface area contributed by atoms with Gasteiger partial charge in [0.25, 0.3) is 10.0 Å². The van der Waals surface area contributed by atoms with Gasteiger partial charge in [-0.15, -0.1) is 0 Å². The molecule has 1 atom stereocenters. The Morgan fingerprint density at radius 1 is 0.907 bits per heavy atom. The highest BCUT2D eigenvalue weighted by molar-refractivity contribution is 7.92. The summed E-state index contributed by atoms with van der Waals surface area (Å²) in [6.45, 7) is 7.05. The first-order valence-corrected chi connectivity index (χ1v) is 16.3. The molecule has 0 bridgehead atoms. The molecule has 1 N–H and O–H groups in total. The summed E-state index contributed by atoms with van der Waals surface area (Å²) in [5, 5.41) is 3.14. The van der Waals surface area contributed by atoms with Crippen LogP contribution in [-0.2, 0) is 26.2 Å². The Kier molecular flexibility index (Phi) is 10.5. The maximum Gasteiger partial charge on any atom is 0.264 e. The molecule has 3 aromatic rings. The van der Waals surface area contributed by atoms with E-state index in [0.29, 0.717) is 5.75 Å². The second-order valence-electron chi connectivity index (χ2n) is 11.5. The van der Waals surface area contributed by atoms with Crippen molar-refractivity contribution in [3.8, 4) is 5.75 Å². The summed E-state index contributed by atoms with van der Waals surface area (Å²) < 4.78 is 35.0. The van der Waals surface area contributed by atoms with E-state index in [-0.39, 0.29) is 29.1 Å². The highest BCUT2D eigenvalue weighted by Gasteiger charge is 2.34. The number of nitrogens with one attached hydrogen (secondary N) is 1. The summed E-state index contributed by atoms with van der Waals surface area (Å²) in [6.07, 6.45) is 5.12. The summed E-state index contributed by atoms with van der Waals surface area (Å²) in [5.41, 5.74) is 3.86. The van der Waals surface area contributed by atoms with E-state index in [0.717, 1.165) is 58.7 Å². The minimum absolute atomic E-state index is 0.0581. The normalized spacial score (nSPS) is 14.5. The van der Waals surface area contributed by atoms with Gasteiger partial charge in [0.2, 0.25) is 11.8 Å². The molecule has 1 saturated carbocycles. The van der Waals surface area contributed by atoms with E-state index < -0.39 is 28.5 Å². The average molecular weight is 606 g/mol. The van der Waals surface area contributed by atoms with E-state index in [9.17, 15) is 18.0 Å². The molecule has 43 heavy (non-hydrogen) atoms. The monoisotopic (exact) mass is 605 g/mol. The van der Waals surface area contributed by atoms with Crippen LogP contribution in [0.4, 0.5) is 5.69 Å². The Morgan fingerprint density at radius 2 is 1.56 bits per heavy atom. The van der Waals surface area contributed by atoms with E-state index >= 15 is 0 Å². The first-order valence-electron chi connectivity index (χ1n) is 14.9. The number of carbonyl (C=O) groups is 2. The molecular formula is C34H43N3O5S. The first kappa shape index (κ1) is 32.1. The molecule has 1 aliphatic rings. The summed E-state index contributed by atoms with van der Waals surface area (Å²) in [7, 11) is -2.73. The predicted molar refractivity (Wildman–Crippen MR) is 170 cm³/mol. The number of carbonyl (C=O) groups excluding carboxylic acids is 2. The number of sulfonamides is 1. The molecule has 1 aliphatic carbocycles. The summed E-state index contributed by atoms with van der Waals surface area (Å²) in [6, 6.07) is 18.7. The van der Waals surface area contributed by atoms with Crippen LogP contribution in [0.15, 0.2) is 71.6 Å². The third-order valence-electron chi connectivity index (χ3n) is 8.05. The molecule has 0 heterocycles. The van der Waals surface area contributed by atoms with Gasteiger partial charge in [-0.1, -0.05) is 72.9 Å². The highest BCUT2D eigenvalue weighted by Crippen LogP contribution is 2.34. The van der Waals surface area contributed by atoms with Crippen molar-refractivity contribution < 1.29 is 22.7 Å². The molecule has 9 heteroatoms. The fraction of sp³-hybridized carbons (Fsp3) is 0.412. The maximum absolute atomic E-state index is 14.3. The lowest BCUT2D eigenvalue weighted by Crippen LogP contribution is -2.53. The standard InChI is InChI=1S/C34H43N3O5S/c1-24-14-17-30(18-15-24)43(40,41)37(31-21-26(3)16-19-32(31)42-5)23-33(38)36(22-28-11-9-10-25(2)20-28)27(4)34(39)35-29-12-7-6-8-13-29/h9-11,14-21,27,29H,6-8,12-13,22-23H2,1-5H3,(H,35,39). The lowest BCUT2D eigenvalue weighted by Gasteiger charge is -2.33. The van der Waals surface area contributed by atoms with Crippen LogP contribution in [0.5, 0.6) is 5.75 Å². The van der Waals surface area contributed by atoms with Crippen LogP contribution in [0.1, 0.15) is 61.3 Å². The van der Waals surface area contributed by atoms with Gasteiger partial charge in [0.15, 0.2) is 0 Å². The van der Waals surface area contributed by atoms with Gasteiger partial charge in [0.05, 0.1) is 17.7 Å². The van der Waals surface area contributed by atoms with Crippen LogP contribution < -0.4 is 14.4 Å². The molecule has 0 spiro atoms. The van der Waals surface area contributed by atoms with Crippen LogP contribution in [0, 0.1) is 20.8 Å². The molecule has 0 aliphatic heterocycles. The Hall–Kier alpha value is -3.85. The zero-order valence-corrected chi connectivity index (χ0v) is 26.6. The third kappa shape index (κ3) is 7.96. The zero-order valence-electron chi connectivity index (χ0n) is 25.8. The Balaban J connectivity index is 1.73. The Labute approximate surface area is 256 Å². The second kappa shape index (κ2) is 14.1. The van der Waals surface area contributed by atoms with Crippen LogP contribution in [-0.4, -0.2) is 50.9 Å². The largest absolute Gasteiger partial charge is 0.495 e. The molecule has 1 unspecified atom stereocenters. The number of amides is 2. The molecule has 1 fully saturated rings. The minimum atomic E-state index is -4.19. The lowest BCUT2D eigenvalue weighted by atomic mass is 9.95. The molecule has 4 rings (SSSR count). The van der Waals surface area contributed by atoms with Crippen molar-refractivity contribution in [1.82, 2.24) is 10.2 Å². The highest BCUT2D eigenvalue weighted by atomic mass is 32.2. The fourth-order valence-electron chi connectivity index (χ4n) is 5.50. The summed E-state index contributed by atoms with van der Waals surface area (Å²) in [5.74, 6) is -0.413. The number of rotatable bonds is 11. The van der Waals surface area contributed by atoms with E-state index in [1.807, 2.05) is 51.1 Å². The Bertz CT molecular complexity index is 1530. The van der Waals surface area contributed by atoms with E-state index in [1.54, 1.807) is 31.2 Å². The third-order valence-corrected chi connectivity index (χ3v) is 9.82. The van der Waals surface area contributed by atoms with Gasteiger partial charge in [0.1, 0.15) is 18.3 Å². The van der Waals surface area contributed by atoms with Crippen molar-refractivity contribution in [2.24, 2.45) is 0 Å². The maximum atomic E-state index is 14.3. The SMILES string of the molecule is COc1ccc(C)cc1N(CC(=O)N(Cc1cccc(C)c1)C(C)C(=O)NC1CCCCC1)S(=O)(=O)c1ccc(C)cc1. The predicted octanol–water partition coefficient (Wildman–Crippen LogP) is 5.68. The average Bonchev–Trinajstić information content (AvgIpc) is 2.99. The van der Waals surface area contributed by atoms with Crippen LogP contribution in [0.25, 0.3) is 0 Å². The molecule has 230 valence electrons. The quantitative estimate of drug-likeness (QED) is 0.303. The fourth-order valence-corrected chi connectivity index (χ4v) is 6.92. The Morgan fingerprint density at radius 3 is 2.21 bits per heavy atom. The van der Waals surface area contributed by atoms with Gasteiger partial charge in [-0.05, 0) is 75.9 Å². The molecule has 2 amide bonds. The van der Waals surface area contributed by atoms with Gasteiger partial charge in [-0.2, -0.15) is 0 Å². The second-order valence-corrected chi connectivity index (χ2v) is 13.4. The minimum Gasteiger partial charge on any atom is -0.495 e. The number of hydrogen-bond donors (Lipinski definition) is 1.